The van der Waals surface area contributed by atoms with Crippen LogP contribution in [0, 0.1) is 23.5 Å². The number of rotatable bonds is 2. The van der Waals surface area contributed by atoms with Gasteiger partial charge in [0.1, 0.15) is 0 Å². The summed E-state index contributed by atoms with van der Waals surface area (Å²) in [6.07, 6.45) is 0. The highest BCUT2D eigenvalue weighted by atomic mass is 19.2. The van der Waals surface area contributed by atoms with E-state index in [1.807, 2.05) is 30.3 Å². The third-order valence-corrected chi connectivity index (χ3v) is 3.28. The van der Waals surface area contributed by atoms with E-state index in [1.165, 1.54) is 12.1 Å². The van der Waals surface area contributed by atoms with Crippen molar-refractivity contribution >= 4 is 0 Å². The lowest BCUT2D eigenvalue weighted by molar-refractivity contribution is 0.410. The summed E-state index contributed by atoms with van der Waals surface area (Å²) >= 11 is 0. The number of hydrogen-bond acceptors (Lipinski definition) is 1. The first-order valence-corrected chi connectivity index (χ1v) is 6.44. The zero-order valence-electron chi connectivity index (χ0n) is 11.2. The Kier molecular flexibility index (Phi) is 3.63. The molecule has 0 N–H and O–H groups in total. The van der Waals surface area contributed by atoms with Gasteiger partial charge < -0.3 is 0 Å². The first-order valence-electron chi connectivity index (χ1n) is 6.44. The first kappa shape index (κ1) is 14.3. The average molecular weight is 303 g/mol. The summed E-state index contributed by atoms with van der Waals surface area (Å²) in [4.78, 5) is 2.54. The number of hydrogen-bond donors (Lipinski definition) is 0. The van der Waals surface area contributed by atoms with Crippen LogP contribution in [0.5, 0.6) is 0 Å². The van der Waals surface area contributed by atoms with Crippen LogP contribution in [-0.4, -0.2) is 4.98 Å². The topological polar surface area (TPSA) is 12.9 Å². The number of benzene rings is 2. The molecule has 3 aromatic rings. The molecule has 0 spiro atoms. The van der Waals surface area contributed by atoms with Gasteiger partial charge in [0.15, 0.2) is 11.6 Å². The minimum absolute atomic E-state index is 0.0369. The third kappa shape index (κ3) is 2.45. The molecule has 5 heteroatoms. The van der Waals surface area contributed by atoms with Gasteiger partial charge in [-0.25, -0.2) is 8.78 Å². The molecule has 0 unspecified atom stereocenters. The van der Waals surface area contributed by atoms with Crippen LogP contribution < -0.4 is 0 Å². The van der Waals surface area contributed by atoms with Crippen LogP contribution in [0.15, 0.2) is 54.6 Å². The summed E-state index contributed by atoms with van der Waals surface area (Å²) in [5.74, 6) is -6.35. The summed E-state index contributed by atoms with van der Waals surface area (Å²) in [7, 11) is 0. The summed E-state index contributed by atoms with van der Waals surface area (Å²) in [6, 6.07) is 15.4. The maximum atomic E-state index is 13.7. The summed E-state index contributed by atoms with van der Waals surface area (Å²) in [5.41, 5.74) is 1.02. The van der Waals surface area contributed by atoms with Gasteiger partial charge in [0.25, 0.3) is 11.9 Å². The van der Waals surface area contributed by atoms with Gasteiger partial charge in [-0.1, -0.05) is 54.6 Å². The molecule has 22 heavy (non-hydrogen) atoms. The minimum atomic E-state index is -1.67. The van der Waals surface area contributed by atoms with Gasteiger partial charge in [-0.3, -0.25) is 0 Å². The Hall–Kier alpha value is -2.69. The molecule has 0 aliphatic carbocycles. The lowest BCUT2D eigenvalue weighted by Crippen LogP contribution is -2.02. The Labute approximate surface area is 123 Å². The molecule has 0 radical (unpaired) electrons. The Morgan fingerprint density at radius 2 is 1.00 bits per heavy atom. The van der Waals surface area contributed by atoms with Gasteiger partial charge in [0.2, 0.25) is 0 Å². The predicted octanol–water partition coefficient (Wildman–Crippen LogP) is 4.97. The minimum Gasteiger partial charge on any atom is -0.201 e. The lowest BCUT2D eigenvalue weighted by atomic mass is 10.0. The van der Waals surface area contributed by atoms with Crippen molar-refractivity contribution in [2.75, 3.05) is 0 Å². The molecule has 0 saturated heterocycles. The zero-order valence-corrected chi connectivity index (χ0v) is 11.2. The highest BCUT2D eigenvalue weighted by Crippen LogP contribution is 2.30. The molecule has 1 aromatic heterocycles. The van der Waals surface area contributed by atoms with Crippen LogP contribution in [0.3, 0.4) is 0 Å². The number of halogens is 4. The molecule has 1 heterocycles. The fourth-order valence-corrected chi connectivity index (χ4v) is 2.20. The molecule has 0 amide bonds. The second-order valence-electron chi connectivity index (χ2n) is 4.64. The summed E-state index contributed by atoms with van der Waals surface area (Å²) in [5, 5.41) is 0. The molecule has 3 rings (SSSR count). The summed E-state index contributed by atoms with van der Waals surface area (Å²) < 4.78 is 53.7. The lowest BCUT2D eigenvalue weighted by Gasteiger charge is -2.08. The van der Waals surface area contributed by atoms with E-state index in [0.717, 1.165) is 11.1 Å². The Morgan fingerprint density at radius 1 is 0.545 bits per heavy atom. The number of aromatic nitrogens is 1. The van der Waals surface area contributed by atoms with Crippen molar-refractivity contribution in [2.45, 2.75) is 0 Å². The molecule has 0 aliphatic rings. The van der Waals surface area contributed by atoms with Crippen molar-refractivity contribution in [1.82, 2.24) is 4.98 Å². The van der Waals surface area contributed by atoms with Gasteiger partial charge in [-0.2, -0.15) is 13.8 Å². The molecule has 0 fully saturated rings. The van der Waals surface area contributed by atoms with Gasteiger partial charge in [0, 0.05) is 0 Å². The standard InChI is InChI=1S/C17H9F4N/c18-14-13(15(19)17(21)22-16(14)20)12-8-6-11(7-9-12)10-4-2-1-3-5-10/h1-9H. The van der Waals surface area contributed by atoms with E-state index in [1.54, 1.807) is 12.1 Å². The van der Waals surface area contributed by atoms with Gasteiger partial charge >= 0.3 is 0 Å². The highest BCUT2D eigenvalue weighted by molar-refractivity contribution is 5.70. The molecule has 0 aliphatic heterocycles. The molecular weight excluding hydrogens is 294 g/mol. The van der Waals surface area contributed by atoms with E-state index in [4.69, 9.17) is 0 Å². The van der Waals surface area contributed by atoms with Crippen molar-refractivity contribution in [2.24, 2.45) is 0 Å². The SMILES string of the molecule is Fc1nc(F)c(F)c(-c2ccc(-c3ccccc3)cc2)c1F. The molecule has 0 bridgehead atoms. The molecule has 0 atom stereocenters. The second-order valence-corrected chi connectivity index (χ2v) is 4.64. The summed E-state index contributed by atoms with van der Waals surface area (Å²) in [6.45, 7) is 0. The van der Waals surface area contributed by atoms with E-state index in [9.17, 15) is 17.6 Å². The van der Waals surface area contributed by atoms with Crippen molar-refractivity contribution in [1.29, 1.82) is 0 Å². The quantitative estimate of drug-likeness (QED) is 0.481. The predicted molar refractivity (Wildman–Crippen MR) is 74.9 cm³/mol. The van der Waals surface area contributed by atoms with Gasteiger partial charge in [-0.05, 0) is 16.7 Å². The zero-order chi connectivity index (χ0) is 15.7. The number of pyridine rings is 1. The fourth-order valence-electron chi connectivity index (χ4n) is 2.20. The smallest absolute Gasteiger partial charge is 0.201 e. The van der Waals surface area contributed by atoms with Gasteiger partial charge in [-0.15, -0.1) is 0 Å². The van der Waals surface area contributed by atoms with Crippen LogP contribution in [-0.2, 0) is 0 Å². The average Bonchev–Trinajstić information content (AvgIpc) is 2.55. The Bertz CT molecular complexity index is 788. The molecule has 2 aromatic carbocycles. The van der Waals surface area contributed by atoms with Crippen molar-refractivity contribution < 1.29 is 17.6 Å². The van der Waals surface area contributed by atoms with E-state index < -0.39 is 29.1 Å². The fraction of sp³-hybridized carbons (Fsp3) is 0. The molecule has 1 nitrogen and oxygen atoms in total. The Morgan fingerprint density at radius 3 is 1.55 bits per heavy atom. The second kappa shape index (κ2) is 5.60. The maximum Gasteiger partial charge on any atom is 0.252 e. The van der Waals surface area contributed by atoms with Crippen LogP contribution in [0.25, 0.3) is 22.3 Å². The van der Waals surface area contributed by atoms with E-state index >= 15 is 0 Å². The van der Waals surface area contributed by atoms with Crippen molar-refractivity contribution in [3.63, 3.8) is 0 Å². The van der Waals surface area contributed by atoms with E-state index in [-0.39, 0.29) is 5.56 Å². The maximum absolute atomic E-state index is 13.7. The van der Waals surface area contributed by atoms with Crippen molar-refractivity contribution in [3.8, 4) is 22.3 Å². The largest absolute Gasteiger partial charge is 0.252 e. The first-order chi connectivity index (χ1) is 10.6. The van der Waals surface area contributed by atoms with E-state index in [2.05, 4.69) is 4.98 Å². The van der Waals surface area contributed by atoms with Crippen molar-refractivity contribution in [3.05, 3.63) is 78.1 Å². The highest BCUT2D eigenvalue weighted by Gasteiger charge is 2.21. The molecule has 110 valence electrons. The monoisotopic (exact) mass is 303 g/mol. The van der Waals surface area contributed by atoms with E-state index in [0.29, 0.717) is 0 Å². The van der Waals surface area contributed by atoms with Crippen LogP contribution in [0.1, 0.15) is 0 Å². The number of nitrogens with zero attached hydrogens (tertiary/aromatic N) is 1. The molecule has 0 saturated carbocycles. The van der Waals surface area contributed by atoms with Crippen LogP contribution >= 0.6 is 0 Å². The molecular formula is C17H9F4N. The third-order valence-electron chi connectivity index (χ3n) is 3.28. The normalized spacial score (nSPS) is 10.7. The van der Waals surface area contributed by atoms with Crippen LogP contribution in [0.2, 0.25) is 0 Å². The Balaban J connectivity index is 2.08. The van der Waals surface area contributed by atoms with Gasteiger partial charge in [0.05, 0.1) is 5.56 Å². The van der Waals surface area contributed by atoms with Crippen LogP contribution in [0.4, 0.5) is 17.6 Å².